The molecular weight excluding hydrogens is 472 g/mol. The number of hydrogen-bond donors (Lipinski definition) is 3. The SMILES string of the molecule is C=C(C)N=C(N)N1CCC(Oc2ccc(C3c4ccc(O)cc4CCC3c3ccccc3)cc2)CC1.C=N. The summed E-state index contributed by atoms with van der Waals surface area (Å²) in [5.74, 6) is 2.42. The topological polar surface area (TPSA) is 94.9 Å². The predicted molar refractivity (Wildman–Crippen MR) is 155 cm³/mol. The van der Waals surface area contributed by atoms with Crippen molar-refractivity contribution in [1.29, 1.82) is 5.41 Å². The van der Waals surface area contributed by atoms with Crippen LogP contribution in [0.4, 0.5) is 0 Å². The highest BCUT2D eigenvalue weighted by molar-refractivity contribution is 5.79. The molecule has 1 saturated heterocycles. The third kappa shape index (κ3) is 6.25. The van der Waals surface area contributed by atoms with Crippen LogP contribution in [0.25, 0.3) is 0 Å². The van der Waals surface area contributed by atoms with Gasteiger partial charge in [0.25, 0.3) is 0 Å². The summed E-state index contributed by atoms with van der Waals surface area (Å²) in [6.45, 7) is 9.82. The summed E-state index contributed by atoms with van der Waals surface area (Å²) in [7, 11) is 0. The number of allylic oxidation sites excluding steroid dienone is 1. The van der Waals surface area contributed by atoms with Gasteiger partial charge in [0.05, 0.1) is 0 Å². The smallest absolute Gasteiger partial charge is 0.196 e. The van der Waals surface area contributed by atoms with Crippen molar-refractivity contribution in [3.05, 3.63) is 107 Å². The molecular formula is C32H38N4O2. The number of likely N-dealkylation sites (tertiary alicyclic amines) is 1. The average molecular weight is 511 g/mol. The van der Waals surface area contributed by atoms with Crippen LogP contribution in [0.5, 0.6) is 11.5 Å². The largest absolute Gasteiger partial charge is 0.508 e. The number of ether oxygens (including phenoxy) is 1. The predicted octanol–water partition coefficient (Wildman–Crippen LogP) is 6.21. The number of rotatable bonds is 5. The minimum atomic E-state index is 0.167. The molecule has 6 heteroatoms. The van der Waals surface area contributed by atoms with Gasteiger partial charge >= 0.3 is 0 Å². The van der Waals surface area contributed by atoms with Crippen LogP contribution in [0.15, 0.2) is 90.1 Å². The van der Waals surface area contributed by atoms with Crippen molar-refractivity contribution in [2.45, 2.75) is 50.5 Å². The number of nitrogens with one attached hydrogen (secondary N) is 1. The fourth-order valence-corrected chi connectivity index (χ4v) is 5.69. The van der Waals surface area contributed by atoms with Crippen molar-refractivity contribution >= 4 is 12.7 Å². The van der Waals surface area contributed by atoms with Gasteiger partial charge in [0.15, 0.2) is 5.96 Å². The van der Waals surface area contributed by atoms with Gasteiger partial charge in [-0.3, -0.25) is 0 Å². The molecule has 0 amide bonds. The fraction of sp³-hybridized carbons (Fsp3) is 0.312. The van der Waals surface area contributed by atoms with E-state index in [0.717, 1.165) is 50.2 Å². The molecule has 0 radical (unpaired) electrons. The molecule has 3 aromatic rings. The maximum absolute atomic E-state index is 10.1. The number of hydrogen-bond acceptors (Lipinski definition) is 4. The van der Waals surface area contributed by atoms with E-state index in [0.29, 0.717) is 17.6 Å². The average Bonchev–Trinajstić information content (AvgIpc) is 2.94. The van der Waals surface area contributed by atoms with Gasteiger partial charge < -0.3 is 25.9 Å². The Bertz CT molecular complexity index is 1250. The molecule has 6 nitrogen and oxygen atoms in total. The zero-order chi connectivity index (χ0) is 27.1. The van der Waals surface area contributed by atoms with Crippen LogP contribution < -0.4 is 10.5 Å². The molecule has 198 valence electrons. The zero-order valence-corrected chi connectivity index (χ0v) is 22.1. The van der Waals surface area contributed by atoms with Crippen molar-refractivity contribution in [1.82, 2.24) is 4.90 Å². The van der Waals surface area contributed by atoms with Crippen molar-refractivity contribution < 1.29 is 9.84 Å². The first kappa shape index (κ1) is 27.0. The second kappa shape index (κ2) is 12.5. The summed E-state index contributed by atoms with van der Waals surface area (Å²) in [6, 6.07) is 25.3. The minimum Gasteiger partial charge on any atom is -0.508 e. The molecule has 2 atom stereocenters. The van der Waals surface area contributed by atoms with Crippen molar-refractivity contribution in [3.63, 3.8) is 0 Å². The standard InChI is InChI=1S/C31H35N3O2.CH3N/c1-21(2)33-31(32)34-18-16-27(17-19-34)36-26-12-8-23(9-13-26)30-28(22-6-4-3-5-7-22)14-10-24-20-25(35)11-15-29(24)30;1-2/h3-9,11-13,15,20,27-28,30,35H,1,10,14,16-19H2,2H3,(H2,32,33);2H,1H2. The number of fused-ring (bicyclic) bond motifs is 1. The highest BCUT2D eigenvalue weighted by atomic mass is 16.5. The summed E-state index contributed by atoms with van der Waals surface area (Å²) in [5.41, 5.74) is 12.0. The van der Waals surface area contributed by atoms with E-state index >= 15 is 0 Å². The summed E-state index contributed by atoms with van der Waals surface area (Å²) in [6.07, 6.45) is 4.01. The second-order valence-corrected chi connectivity index (χ2v) is 10.00. The molecule has 5 rings (SSSR count). The van der Waals surface area contributed by atoms with E-state index in [4.69, 9.17) is 15.9 Å². The molecule has 0 saturated carbocycles. The van der Waals surface area contributed by atoms with Crippen LogP contribution in [-0.4, -0.2) is 41.9 Å². The highest BCUT2D eigenvalue weighted by Gasteiger charge is 2.32. The Morgan fingerprint density at radius 3 is 2.32 bits per heavy atom. The maximum atomic E-state index is 10.1. The number of aryl methyl sites for hydroxylation is 1. The Labute approximate surface area is 226 Å². The molecule has 1 heterocycles. The first-order chi connectivity index (χ1) is 18.5. The molecule has 4 N–H and O–H groups in total. The molecule has 1 fully saturated rings. The summed E-state index contributed by atoms with van der Waals surface area (Å²) >= 11 is 0. The van der Waals surface area contributed by atoms with E-state index in [2.05, 4.69) is 83.9 Å². The Hall–Kier alpha value is -4.06. The van der Waals surface area contributed by atoms with E-state index < -0.39 is 0 Å². The molecule has 1 aliphatic carbocycles. The van der Waals surface area contributed by atoms with Gasteiger partial charge in [-0.1, -0.05) is 55.1 Å². The number of piperidine rings is 1. The Balaban J connectivity index is 0.00000164. The lowest BCUT2D eigenvalue weighted by atomic mass is 9.69. The molecule has 1 aliphatic heterocycles. The molecule has 3 aromatic carbocycles. The number of phenolic OH excluding ortho intramolecular Hbond substituents is 1. The second-order valence-electron chi connectivity index (χ2n) is 10.00. The summed E-state index contributed by atoms with van der Waals surface area (Å²) in [5, 5.41) is 15.6. The van der Waals surface area contributed by atoms with Crippen LogP contribution in [0.2, 0.25) is 0 Å². The third-order valence-electron chi connectivity index (χ3n) is 7.43. The van der Waals surface area contributed by atoms with Gasteiger partial charge in [0.1, 0.15) is 17.6 Å². The van der Waals surface area contributed by atoms with Gasteiger partial charge in [0.2, 0.25) is 0 Å². The fourth-order valence-electron chi connectivity index (χ4n) is 5.69. The number of benzene rings is 3. The molecule has 38 heavy (non-hydrogen) atoms. The Kier molecular flexibility index (Phi) is 8.85. The molecule has 2 aliphatic rings. The number of phenols is 1. The van der Waals surface area contributed by atoms with E-state index in [-0.39, 0.29) is 12.0 Å². The normalized spacial score (nSPS) is 19.6. The molecule has 2 unspecified atom stereocenters. The van der Waals surface area contributed by atoms with Crippen LogP contribution >= 0.6 is 0 Å². The minimum absolute atomic E-state index is 0.167. The number of aromatic hydroxyl groups is 1. The van der Waals surface area contributed by atoms with Gasteiger partial charge in [-0.2, -0.15) is 0 Å². The number of aliphatic imine (C=N–C) groups is 1. The molecule has 0 aromatic heterocycles. The molecule has 0 spiro atoms. The third-order valence-corrected chi connectivity index (χ3v) is 7.43. The lowest BCUT2D eigenvalue weighted by Gasteiger charge is -2.35. The quantitative estimate of drug-likeness (QED) is 0.281. The van der Waals surface area contributed by atoms with Crippen molar-refractivity contribution in [2.24, 2.45) is 10.7 Å². The van der Waals surface area contributed by atoms with Crippen LogP contribution in [0.3, 0.4) is 0 Å². The van der Waals surface area contributed by atoms with Gasteiger partial charge in [0, 0.05) is 37.5 Å². The number of nitrogens with two attached hydrogens (primary N) is 1. The summed E-state index contributed by atoms with van der Waals surface area (Å²) in [4.78, 5) is 6.38. The van der Waals surface area contributed by atoms with Crippen molar-refractivity contribution in [3.8, 4) is 11.5 Å². The first-order valence-corrected chi connectivity index (χ1v) is 13.2. The van der Waals surface area contributed by atoms with Crippen LogP contribution in [-0.2, 0) is 6.42 Å². The first-order valence-electron chi connectivity index (χ1n) is 13.2. The van der Waals surface area contributed by atoms with Crippen LogP contribution in [0, 0.1) is 5.41 Å². The van der Waals surface area contributed by atoms with E-state index in [1.807, 2.05) is 19.1 Å². The van der Waals surface area contributed by atoms with Gasteiger partial charge in [-0.15, -0.1) is 0 Å². The van der Waals surface area contributed by atoms with E-state index in [9.17, 15) is 5.11 Å². The molecule has 0 bridgehead atoms. The Morgan fingerprint density at radius 1 is 0.974 bits per heavy atom. The van der Waals surface area contributed by atoms with E-state index in [1.54, 1.807) is 0 Å². The zero-order valence-electron chi connectivity index (χ0n) is 22.1. The maximum Gasteiger partial charge on any atom is 0.196 e. The van der Waals surface area contributed by atoms with Gasteiger partial charge in [-0.25, -0.2) is 4.99 Å². The van der Waals surface area contributed by atoms with Gasteiger partial charge in [-0.05, 0) is 78.9 Å². The van der Waals surface area contributed by atoms with Crippen LogP contribution in [0.1, 0.15) is 60.3 Å². The summed E-state index contributed by atoms with van der Waals surface area (Å²) < 4.78 is 6.35. The lowest BCUT2D eigenvalue weighted by Crippen LogP contribution is -2.45. The Morgan fingerprint density at radius 2 is 1.66 bits per heavy atom. The van der Waals surface area contributed by atoms with Crippen molar-refractivity contribution in [2.75, 3.05) is 13.1 Å². The number of nitrogens with zero attached hydrogens (tertiary/aromatic N) is 2. The van der Waals surface area contributed by atoms with E-state index in [1.165, 1.54) is 22.3 Å². The highest BCUT2D eigenvalue weighted by Crippen LogP contribution is 2.47. The monoisotopic (exact) mass is 510 g/mol. The lowest BCUT2D eigenvalue weighted by molar-refractivity contribution is 0.130. The number of guanidine groups is 1.